The molecule has 53 heavy (non-hydrogen) atoms. The highest BCUT2D eigenvalue weighted by molar-refractivity contribution is 5.30. The van der Waals surface area contributed by atoms with Crippen molar-refractivity contribution in [2.75, 3.05) is 6.61 Å². The standard InChI is InChI=1S/C35H43F6N3O9/c1-17-5-7-24-20(26(34(36,37)38)46-28-32(24)22(17)9-11-30(3,48-28)50-52-32)14-44-13-19(42-43-44)15-45-16-21-25-8-6-18(2)23-10-12-31(4)49-29(33(23,25)53-51-31)47-27(21)35(39,40)41/h13,17-18,22-25,28-29H,5-12,14-16H2,1-4H3/t17-,18-,22+,23+,24+,25+,28-,29-,30-,31+,32-,33-/m1/s1. The van der Waals surface area contributed by atoms with E-state index in [1.54, 1.807) is 13.8 Å². The lowest BCUT2D eigenvalue weighted by molar-refractivity contribution is -0.558. The van der Waals surface area contributed by atoms with E-state index in [2.05, 4.69) is 17.2 Å². The fourth-order valence-electron chi connectivity index (χ4n) is 10.7. The Labute approximate surface area is 301 Å². The van der Waals surface area contributed by atoms with Crippen LogP contribution in [-0.4, -0.2) is 69.3 Å². The predicted octanol–water partition coefficient (Wildman–Crippen LogP) is 6.92. The molecule has 0 N–H and O–H groups in total. The molecule has 1 aromatic heterocycles. The van der Waals surface area contributed by atoms with Crippen molar-refractivity contribution < 1.29 is 69.6 Å². The lowest BCUT2D eigenvalue weighted by atomic mass is 9.59. The van der Waals surface area contributed by atoms with Gasteiger partial charge in [0.05, 0.1) is 26.0 Å². The highest BCUT2D eigenvalue weighted by atomic mass is 19.4. The summed E-state index contributed by atoms with van der Waals surface area (Å²) >= 11 is 0. The molecular weight excluding hydrogens is 720 g/mol. The fourth-order valence-corrected chi connectivity index (χ4v) is 10.7. The van der Waals surface area contributed by atoms with Crippen LogP contribution in [-0.2, 0) is 56.4 Å². The van der Waals surface area contributed by atoms with Gasteiger partial charge in [-0.05, 0) is 64.2 Å². The molecule has 2 spiro atoms. The molecule has 12 nitrogen and oxygen atoms in total. The van der Waals surface area contributed by atoms with Crippen molar-refractivity contribution >= 4 is 0 Å². The van der Waals surface area contributed by atoms with Gasteiger partial charge in [0.15, 0.2) is 11.2 Å². The first-order chi connectivity index (χ1) is 25.0. The molecule has 0 amide bonds. The average molecular weight is 764 g/mol. The molecule has 10 aliphatic rings. The fraction of sp³-hybridized carbons (Fsp3) is 0.829. The number of nitrogens with zero attached hydrogens (tertiary/aromatic N) is 3. The van der Waals surface area contributed by atoms with Crippen molar-refractivity contribution in [3.05, 3.63) is 34.6 Å². The third-order valence-corrected chi connectivity index (χ3v) is 13.3. The second kappa shape index (κ2) is 12.0. The maximum absolute atomic E-state index is 14.7. The van der Waals surface area contributed by atoms with Crippen LogP contribution < -0.4 is 0 Å². The molecule has 0 aromatic carbocycles. The molecule has 6 saturated heterocycles. The van der Waals surface area contributed by atoms with Gasteiger partial charge in [-0.3, -0.25) is 0 Å². The first kappa shape index (κ1) is 36.2. The number of ether oxygens (including phenoxy) is 5. The summed E-state index contributed by atoms with van der Waals surface area (Å²) in [7, 11) is 0. The second-order valence-corrected chi connectivity index (χ2v) is 16.6. The number of allylic oxidation sites excluding steroid dienone is 2. The van der Waals surface area contributed by atoms with Crippen LogP contribution in [0.2, 0.25) is 0 Å². The second-order valence-electron chi connectivity index (χ2n) is 16.6. The maximum Gasteiger partial charge on any atom is 0.449 e. The molecule has 9 heterocycles. The van der Waals surface area contributed by atoms with E-state index >= 15 is 0 Å². The normalized spacial score (nSPS) is 44.9. The first-order valence-electron chi connectivity index (χ1n) is 18.5. The molecule has 1 aromatic rings. The molecule has 12 atom stereocenters. The van der Waals surface area contributed by atoms with Crippen molar-refractivity contribution in [1.82, 2.24) is 15.0 Å². The van der Waals surface area contributed by atoms with Gasteiger partial charge in [0.25, 0.3) is 0 Å². The Kier molecular flexibility index (Phi) is 8.20. The van der Waals surface area contributed by atoms with Crippen molar-refractivity contribution in [2.45, 2.75) is 140 Å². The highest BCUT2D eigenvalue weighted by Gasteiger charge is 2.72. The van der Waals surface area contributed by atoms with E-state index in [-0.39, 0.29) is 53.7 Å². The van der Waals surface area contributed by atoms with Crippen LogP contribution in [0.5, 0.6) is 0 Å². The number of hydrogen-bond acceptors (Lipinski definition) is 11. The van der Waals surface area contributed by atoms with Gasteiger partial charge in [0, 0.05) is 47.7 Å². The smallest absolute Gasteiger partial charge is 0.449 e. The minimum Gasteiger partial charge on any atom is -0.456 e. The van der Waals surface area contributed by atoms with Gasteiger partial charge in [-0.2, -0.15) is 26.3 Å². The van der Waals surface area contributed by atoms with E-state index in [0.717, 1.165) is 0 Å². The zero-order valence-electron chi connectivity index (χ0n) is 29.8. The van der Waals surface area contributed by atoms with Crippen molar-refractivity contribution in [1.29, 1.82) is 0 Å². The molecule has 2 saturated carbocycles. The molecule has 11 rings (SSSR count). The van der Waals surface area contributed by atoms with Gasteiger partial charge in [-0.15, -0.1) is 5.10 Å². The average Bonchev–Trinajstić information content (AvgIpc) is 3.22. The van der Waals surface area contributed by atoms with Crippen LogP contribution in [0.3, 0.4) is 0 Å². The van der Waals surface area contributed by atoms with Gasteiger partial charge >= 0.3 is 12.4 Å². The van der Waals surface area contributed by atoms with E-state index in [4.69, 9.17) is 43.2 Å². The van der Waals surface area contributed by atoms with Crippen LogP contribution in [0.1, 0.15) is 84.8 Å². The van der Waals surface area contributed by atoms with E-state index in [0.29, 0.717) is 51.4 Å². The monoisotopic (exact) mass is 763 g/mol. The van der Waals surface area contributed by atoms with Gasteiger partial charge < -0.3 is 23.7 Å². The molecule has 294 valence electrons. The molecule has 18 heteroatoms. The molecule has 0 radical (unpaired) electrons. The Bertz CT molecular complexity index is 1700. The van der Waals surface area contributed by atoms with E-state index < -0.39 is 77.7 Å². The largest absolute Gasteiger partial charge is 0.456 e. The molecule has 2 aliphatic carbocycles. The summed E-state index contributed by atoms with van der Waals surface area (Å²) in [5, 5.41) is 8.16. The highest BCUT2D eigenvalue weighted by Crippen LogP contribution is 2.63. The summed E-state index contributed by atoms with van der Waals surface area (Å²) in [6.45, 7) is 6.29. The Hall–Kier alpha value is -2.48. The van der Waals surface area contributed by atoms with Crippen LogP contribution in [0.4, 0.5) is 26.3 Å². The molecule has 0 unspecified atom stereocenters. The number of alkyl halides is 6. The lowest BCUT2D eigenvalue weighted by Crippen LogP contribution is -2.67. The van der Waals surface area contributed by atoms with E-state index in [1.807, 2.05) is 6.92 Å². The minimum absolute atomic E-state index is 0.0636. The van der Waals surface area contributed by atoms with E-state index in [1.165, 1.54) is 10.9 Å². The van der Waals surface area contributed by atoms with Gasteiger partial charge in [-0.25, -0.2) is 24.2 Å². The van der Waals surface area contributed by atoms with Crippen molar-refractivity contribution in [3.63, 3.8) is 0 Å². The van der Waals surface area contributed by atoms with Crippen LogP contribution in [0, 0.1) is 35.5 Å². The first-order valence-corrected chi connectivity index (χ1v) is 18.5. The molecule has 8 aliphatic heterocycles. The number of fused-ring (bicyclic) bond motifs is 4. The van der Waals surface area contributed by atoms with Crippen LogP contribution in [0.25, 0.3) is 0 Å². The number of aromatic nitrogens is 3. The predicted molar refractivity (Wildman–Crippen MR) is 164 cm³/mol. The van der Waals surface area contributed by atoms with Gasteiger partial charge in [-0.1, -0.05) is 19.1 Å². The topological polar surface area (TPSA) is 114 Å². The summed E-state index contributed by atoms with van der Waals surface area (Å²) in [6, 6.07) is 0. The Morgan fingerprint density at radius 2 is 1.23 bits per heavy atom. The van der Waals surface area contributed by atoms with Gasteiger partial charge in [0.2, 0.25) is 35.7 Å². The Morgan fingerprint density at radius 3 is 1.75 bits per heavy atom. The SMILES string of the molecule is C[C@@H]1CC[C@H]2C(Cn3cc(COCC4=C(C(F)(F)F)O[C@@H]5O[C@]6(C)CC[C@H]7[C@H](C)CC[C@@H]4[C@@]57OO6)nn3)=C(C(F)(F)F)O[C@@H]3O[C@@]4(C)CC[C@@H]1[C@]32OO4. The number of rotatable bonds is 6. The van der Waals surface area contributed by atoms with Gasteiger partial charge in [0.1, 0.15) is 5.69 Å². The van der Waals surface area contributed by atoms with E-state index in [9.17, 15) is 26.3 Å². The Morgan fingerprint density at radius 1 is 0.717 bits per heavy atom. The summed E-state index contributed by atoms with van der Waals surface area (Å²) in [6.07, 6.45) is -6.72. The third-order valence-electron chi connectivity index (χ3n) is 13.3. The molecular formula is C35H43F6N3O9. The summed E-state index contributed by atoms with van der Waals surface area (Å²) in [5.74, 6) is -6.45. The van der Waals surface area contributed by atoms with Crippen molar-refractivity contribution in [2.24, 2.45) is 35.5 Å². The van der Waals surface area contributed by atoms with Crippen molar-refractivity contribution in [3.8, 4) is 0 Å². The Balaban J connectivity index is 0.968. The quantitative estimate of drug-likeness (QED) is 0.222. The number of hydrogen-bond donors (Lipinski definition) is 0. The van der Waals surface area contributed by atoms with Crippen LogP contribution in [0.15, 0.2) is 28.9 Å². The zero-order valence-corrected chi connectivity index (χ0v) is 29.8. The molecule has 8 fully saturated rings. The third kappa shape index (κ3) is 5.51. The maximum atomic E-state index is 14.7. The lowest BCUT2D eigenvalue weighted by Gasteiger charge is -2.57. The zero-order chi connectivity index (χ0) is 37.3. The minimum atomic E-state index is -4.84. The molecule has 4 bridgehead atoms. The van der Waals surface area contributed by atoms with Crippen LogP contribution >= 0.6 is 0 Å². The summed E-state index contributed by atoms with van der Waals surface area (Å²) in [4.78, 5) is 23.5. The summed E-state index contributed by atoms with van der Waals surface area (Å²) in [5.41, 5.74) is -2.55. The summed E-state index contributed by atoms with van der Waals surface area (Å²) < 4.78 is 118. The number of halogens is 6.